The molecule has 0 spiro atoms. The van der Waals surface area contributed by atoms with E-state index in [-0.39, 0.29) is 30.7 Å². The van der Waals surface area contributed by atoms with Crippen LogP contribution in [0.1, 0.15) is 39.5 Å². The molecule has 0 aromatic carbocycles. The third-order valence-corrected chi connectivity index (χ3v) is 2.83. The Hall–Kier alpha value is -1.63. The Morgan fingerprint density at radius 2 is 1.75 bits per heavy atom. The van der Waals surface area contributed by atoms with Crippen molar-refractivity contribution in [2.75, 3.05) is 13.1 Å². The molecule has 0 saturated heterocycles. The van der Waals surface area contributed by atoms with Crippen molar-refractivity contribution in [3.05, 3.63) is 0 Å². The predicted molar refractivity (Wildman–Crippen MR) is 74.9 cm³/mol. The molecular formula is C13H25N3O4. The monoisotopic (exact) mass is 287 g/mol. The van der Waals surface area contributed by atoms with E-state index in [2.05, 4.69) is 10.6 Å². The fourth-order valence-electron chi connectivity index (χ4n) is 1.46. The zero-order chi connectivity index (χ0) is 15.5. The molecule has 0 radical (unpaired) electrons. The van der Waals surface area contributed by atoms with Crippen LogP contribution in [0.5, 0.6) is 0 Å². The maximum Gasteiger partial charge on any atom is 0.303 e. The van der Waals surface area contributed by atoms with Crippen LogP contribution in [0.4, 0.5) is 0 Å². The minimum Gasteiger partial charge on any atom is -0.481 e. The number of nitrogens with two attached hydrogens (primary N) is 1. The summed E-state index contributed by atoms with van der Waals surface area (Å²) in [5.41, 5.74) is 5.63. The van der Waals surface area contributed by atoms with Crippen LogP contribution in [0.15, 0.2) is 0 Å². The molecule has 0 aliphatic heterocycles. The van der Waals surface area contributed by atoms with E-state index in [4.69, 9.17) is 10.8 Å². The first-order valence-electron chi connectivity index (χ1n) is 6.86. The molecule has 0 unspecified atom stereocenters. The highest BCUT2D eigenvalue weighted by Crippen LogP contribution is 1.98. The van der Waals surface area contributed by atoms with Crippen molar-refractivity contribution in [1.29, 1.82) is 0 Å². The molecule has 1 atom stereocenters. The van der Waals surface area contributed by atoms with Gasteiger partial charge in [-0.2, -0.15) is 0 Å². The van der Waals surface area contributed by atoms with Crippen molar-refractivity contribution < 1.29 is 19.5 Å². The van der Waals surface area contributed by atoms with E-state index in [0.717, 1.165) is 12.8 Å². The van der Waals surface area contributed by atoms with Crippen molar-refractivity contribution in [2.45, 2.75) is 45.6 Å². The third kappa shape index (κ3) is 9.32. The number of carbonyl (C=O) groups is 3. The summed E-state index contributed by atoms with van der Waals surface area (Å²) in [5, 5.41) is 13.6. The first-order chi connectivity index (χ1) is 9.34. The smallest absolute Gasteiger partial charge is 0.303 e. The molecule has 0 aliphatic rings. The Morgan fingerprint density at radius 1 is 1.10 bits per heavy atom. The second kappa shape index (κ2) is 10.2. The molecule has 0 heterocycles. The van der Waals surface area contributed by atoms with Crippen molar-refractivity contribution in [3.8, 4) is 0 Å². The number of hydrogen-bond acceptors (Lipinski definition) is 4. The number of hydrogen-bond donors (Lipinski definition) is 4. The second-order valence-corrected chi connectivity index (χ2v) is 5.04. The van der Waals surface area contributed by atoms with Crippen LogP contribution < -0.4 is 16.4 Å². The van der Waals surface area contributed by atoms with Gasteiger partial charge in [0.1, 0.15) is 0 Å². The van der Waals surface area contributed by atoms with E-state index in [0.29, 0.717) is 13.0 Å². The van der Waals surface area contributed by atoms with Crippen LogP contribution in [0, 0.1) is 5.92 Å². The lowest BCUT2D eigenvalue weighted by Gasteiger charge is -2.15. The molecule has 116 valence electrons. The van der Waals surface area contributed by atoms with E-state index >= 15 is 0 Å². The van der Waals surface area contributed by atoms with Gasteiger partial charge in [0.15, 0.2) is 0 Å². The summed E-state index contributed by atoms with van der Waals surface area (Å²) in [6.45, 7) is 4.06. The number of aliphatic carboxylic acids is 1. The summed E-state index contributed by atoms with van der Waals surface area (Å²) < 4.78 is 0. The average molecular weight is 287 g/mol. The number of unbranched alkanes of at least 4 members (excludes halogenated alkanes) is 2. The van der Waals surface area contributed by atoms with Crippen molar-refractivity contribution in [3.63, 3.8) is 0 Å². The molecule has 0 rings (SSSR count). The molecule has 0 bridgehead atoms. The van der Waals surface area contributed by atoms with Gasteiger partial charge in [-0.3, -0.25) is 14.4 Å². The minimum absolute atomic E-state index is 0.0206. The highest BCUT2D eigenvalue weighted by atomic mass is 16.4. The quantitative estimate of drug-likeness (QED) is 0.416. The van der Waals surface area contributed by atoms with Gasteiger partial charge in [-0.05, 0) is 18.8 Å². The standard InChI is InChI=1S/C13H25N3O4/c1-9(2)12(14)13(20)16-8-10(17)15-7-5-3-4-6-11(18)19/h9,12H,3-8,14H2,1-2H3,(H,15,17)(H,16,20)(H,18,19)/t12-/m0/s1. The van der Waals surface area contributed by atoms with Gasteiger partial charge in [-0.15, -0.1) is 0 Å². The van der Waals surface area contributed by atoms with E-state index in [1.54, 1.807) is 0 Å². The Kier molecular flexibility index (Phi) is 9.36. The molecule has 2 amide bonds. The van der Waals surface area contributed by atoms with Gasteiger partial charge in [0.25, 0.3) is 0 Å². The molecule has 20 heavy (non-hydrogen) atoms. The second-order valence-electron chi connectivity index (χ2n) is 5.04. The van der Waals surface area contributed by atoms with Crippen LogP contribution in [-0.4, -0.2) is 42.0 Å². The molecule has 0 fully saturated rings. The lowest BCUT2D eigenvalue weighted by Crippen LogP contribution is -2.47. The zero-order valence-electron chi connectivity index (χ0n) is 12.1. The zero-order valence-corrected chi connectivity index (χ0v) is 12.1. The highest BCUT2D eigenvalue weighted by Gasteiger charge is 2.17. The van der Waals surface area contributed by atoms with Gasteiger partial charge >= 0.3 is 5.97 Å². The summed E-state index contributed by atoms with van der Waals surface area (Å²) in [6.07, 6.45) is 2.22. The van der Waals surface area contributed by atoms with E-state index in [1.165, 1.54) is 0 Å². The van der Waals surface area contributed by atoms with Crippen molar-refractivity contribution in [1.82, 2.24) is 10.6 Å². The van der Waals surface area contributed by atoms with Crippen LogP contribution in [-0.2, 0) is 14.4 Å². The lowest BCUT2D eigenvalue weighted by atomic mass is 10.1. The maximum atomic E-state index is 11.5. The largest absolute Gasteiger partial charge is 0.481 e. The number of rotatable bonds is 10. The molecule has 0 aliphatic carbocycles. The Labute approximate surface area is 119 Å². The van der Waals surface area contributed by atoms with Crippen LogP contribution >= 0.6 is 0 Å². The predicted octanol–water partition coefficient (Wildman–Crippen LogP) is -0.153. The normalized spacial score (nSPS) is 12.0. The summed E-state index contributed by atoms with van der Waals surface area (Å²) >= 11 is 0. The molecule has 0 aromatic heterocycles. The molecule has 0 saturated carbocycles. The number of nitrogens with one attached hydrogen (secondary N) is 2. The van der Waals surface area contributed by atoms with E-state index < -0.39 is 12.0 Å². The van der Waals surface area contributed by atoms with Gasteiger partial charge in [0.2, 0.25) is 11.8 Å². The van der Waals surface area contributed by atoms with Crippen LogP contribution in [0.25, 0.3) is 0 Å². The Bertz CT molecular complexity index is 332. The first-order valence-corrected chi connectivity index (χ1v) is 6.86. The van der Waals surface area contributed by atoms with Crippen LogP contribution in [0.2, 0.25) is 0 Å². The minimum atomic E-state index is -0.807. The summed E-state index contributed by atoms with van der Waals surface area (Å²) in [6, 6.07) is -0.612. The average Bonchev–Trinajstić information content (AvgIpc) is 2.38. The van der Waals surface area contributed by atoms with Gasteiger partial charge in [-0.1, -0.05) is 20.3 Å². The number of carboxylic acid groups (broad SMARTS) is 1. The fourth-order valence-corrected chi connectivity index (χ4v) is 1.46. The van der Waals surface area contributed by atoms with Gasteiger partial charge in [0.05, 0.1) is 12.6 Å². The Balaban J connectivity index is 3.59. The fraction of sp³-hybridized carbons (Fsp3) is 0.769. The van der Waals surface area contributed by atoms with Gasteiger partial charge < -0.3 is 21.5 Å². The molecule has 7 heteroatoms. The van der Waals surface area contributed by atoms with Gasteiger partial charge in [0, 0.05) is 13.0 Å². The summed E-state index contributed by atoms with van der Waals surface area (Å²) in [4.78, 5) is 33.2. The topological polar surface area (TPSA) is 122 Å². The number of carboxylic acids is 1. The highest BCUT2D eigenvalue weighted by molar-refractivity contribution is 5.87. The van der Waals surface area contributed by atoms with E-state index in [1.807, 2.05) is 13.8 Å². The summed E-state index contributed by atoms with van der Waals surface area (Å²) in [7, 11) is 0. The van der Waals surface area contributed by atoms with Gasteiger partial charge in [-0.25, -0.2) is 0 Å². The lowest BCUT2D eigenvalue weighted by molar-refractivity contribution is -0.137. The van der Waals surface area contributed by atoms with Crippen LogP contribution in [0.3, 0.4) is 0 Å². The molecule has 0 aromatic rings. The van der Waals surface area contributed by atoms with Crippen molar-refractivity contribution >= 4 is 17.8 Å². The third-order valence-electron chi connectivity index (χ3n) is 2.83. The number of amides is 2. The summed E-state index contributed by atoms with van der Waals surface area (Å²) in [5.74, 6) is -1.39. The number of carbonyl (C=O) groups excluding carboxylic acids is 2. The molecule has 7 nitrogen and oxygen atoms in total. The molecule has 5 N–H and O–H groups in total. The first kappa shape index (κ1) is 18.4. The Morgan fingerprint density at radius 3 is 2.30 bits per heavy atom. The SMILES string of the molecule is CC(C)[C@H](N)C(=O)NCC(=O)NCCCCCC(=O)O. The molecular weight excluding hydrogens is 262 g/mol. The van der Waals surface area contributed by atoms with Crippen molar-refractivity contribution in [2.24, 2.45) is 11.7 Å². The maximum absolute atomic E-state index is 11.5. The van der Waals surface area contributed by atoms with E-state index in [9.17, 15) is 14.4 Å².